The van der Waals surface area contributed by atoms with Crippen LogP contribution in [0.4, 0.5) is 0 Å². The minimum Gasteiger partial charge on any atom is -0.462 e. The SMILES string of the molecule is COCc1ccc(CN2CCC(CCC(=O)NC3CC3)CC2)o1. The van der Waals surface area contributed by atoms with Gasteiger partial charge in [0.1, 0.15) is 18.1 Å². The number of likely N-dealkylation sites (tertiary alicyclic amines) is 1. The third kappa shape index (κ3) is 5.36. The van der Waals surface area contributed by atoms with Crippen LogP contribution in [0.2, 0.25) is 0 Å². The van der Waals surface area contributed by atoms with Crippen LogP contribution in [0.3, 0.4) is 0 Å². The van der Waals surface area contributed by atoms with Gasteiger partial charge in [0.25, 0.3) is 0 Å². The second-order valence-electron chi connectivity index (χ2n) is 6.90. The van der Waals surface area contributed by atoms with Gasteiger partial charge in [-0.3, -0.25) is 9.69 Å². The molecule has 0 atom stereocenters. The lowest BCUT2D eigenvalue weighted by Crippen LogP contribution is -2.34. The first-order valence-electron chi connectivity index (χ1n) is 8.81. The molecule has 1 aliphatic heterocycles. The number of hydrogen-bond donors (Lipinski definition) is 1. The second kappa shape index (κ2) is 7.97. The zero-order valence-electron chi connectivity index (χ0n) is 14.1. The van der Waals surface area contributed by atoms with E-state index in [2.05, 4.69) is 10.2 Å². The van der Waals surface area contributed by atoms with Gasteiger partial charge in [0.15, 0.2) is 0 Å². The molecule has 0 unspecified atom stereocenters. The van der Waals surface area contributed by atoms with E-state index in [0.29, 0.717) is 25.0 Å². The average Bonchev–Trinajstić information content (AvgIpc) is 3.25. The maximum atomic E-state index is 11.8. The molecule has 1 aromatic heterocycles. The Kier molecular flexibility index (Phi) is 5.73. The number of piperidine rings is 1. The first kappa shape index (κ1) is 16.5. The number of rotatable bonds is 8. The average molecular weight is 320 g/mol. The van der Waals surface area contributed by atoms with Gasteiger partial charge in [-0.2, -0.15) is 0 Å². The zero-order valence-corrected chi connectivity index (χ0v) is 14.1. The molecule has 5 heteroatoms. The van der Waals surface area contributed by atoms with Crippen molar-refractivity contribution >= 4 is 5.91 Å². The summed E-state index contributed by atoms with van der Waals surface area (Å²) in [6, 6.07) is 4.52. The van der Waals surface area contributed by atoms with Crippen molar-refractivity contribution in [2.45, 2.75) is 57.7 Å². The third-order valence-corrected chi connectivity index (χ3v) is 4.81. The fourth-order valence-electron chi connectivity index (χ4n) is 3.24. The molecule has 0 aromatic carbocycles. The van der Waals surface area contributed by atoms with E-state index in [0.717, 1.165) is 37.6 Å². The molecule has 1 aliphatic carbocycles. The predicted octanol–water partition coefficient (Wildman–Crippen LogP) is 2.70. The number of ether oxygens (including phenoxy) is 1. The van der Waals surface area contributed by atoms with Crippen molar-refractivity contribution in [2.75, 3.05) is 20.2 Å². The molecule has 0 bridgehead atoms. The molecule has 1 saturated heterocycles. The van der Waals surface area contributed by atoms with Gasteiger partial charge in [-0.25, -0.2) is 0 Å². The normalized spacial score (nSPS) is 19.9. The fourth-order valence-corrected chi connectivity index (χ4v) is 3.24. The molecule has 3 rings (SSSR count). The van der Waals surface area contributed by atoms with Crippen LogP contribution in [-0.4, -0.2) is 37.0 Å². The van der Waals surface area contributed by atoms with E-state index >= 15 is 0 Å². The lowest BCUT2D eigenvalue weighted by atomic mass is 9.92. The number of methoxy groups -OCH3 is 1. The molecule has 2 fully saturated rings. The van der Waals surface area contributed by atoms with E-state index in [1.807, 2.05) is 12.1 Å². The Morgan fingerprint density at radius 2 is 2.00 bits per heavy atom. The summed E-state index contributed by atoms with van der Waals surface area (Å²) in [4.78, 5) is 14.2. The molecule has 1 N–H and O–H groups in total. The molecule has 128 valence electrons. The molecule has 0 radical (unpaired) electrons. The van der Waals surface area contributed by atoms with Crippen LogP contribution in [0.1, 0.15) is 50.0 Å². The van der Waals surface area contributed by atoms with E-state index in [1.165, 1.54) is 25.7 Å². The molecular formula is C18H28N2O3. The van der Waals surface area contributed by atoms with Crippen molar-refractivity contribution in [2.24, 2.45) is 5.92 Å². The van der Waals surface area contributed by atoms with Gasteiger partial charge in [-0.05, 0) is 63.2 Å². The maximum Gasteiger partial charge on any atom is 0.220 e. The summed E-state index contributed by atoms with van der Waals surface area (Å²) in [6.45, 7) is 3.59. The van der Waals surface area contributed by atoms with Gasteiger partial charge in [0, 0.05) is 19.6 Å². The van der Waals surface area contributed by atoms with E-state index in [-0.39, 0.29) is 5.91 Å². The Hall–Kier alpha value is -1.33. The molecule has 0 spiro atoms. The molecule has 1 amide bonds. The third-order valence-electron chi connectivity index (χ3n) is 4.81. The minimum atomic E-state index is 0.246. The largest absolute Gasteiger partial charge is 0.462 e. The van der Waals surface area contributed by atoms with E-state index < -0.39 is 0 Å². The van der Waals surface area contributed by atoms with Crippen LogP contribution in [-0.2, 0) is 22.7 Å². The molecule has 1 aromatic rings. The van der Waals surface area contributed by atoms with Crippen LogP contribution in [0.5, 0.6) is 0 Å². The topological polar surface area (TPSA) is 54.7 Å². The molecule has 5 nitrogen and oxygen atoms in total. The minimum absolute atomic E-state index is 0.246. The number of carbonyl (C=O) groups excluding carboxylic acids is 1. The van der Waals surface area contributed by atoms with E-state index in [1.54, 1.807) is 7.11 Å². The van der Waals surface area contributed by atoms with Crippen molar-refractivity contribution in [1.82, 2.24) is 10.2 Å². The van der Waals surface area contributed by atoms with Crippen LogP contribution >= 0.6 is 0 Å². The number of amides is 1. The number of nitrogens with zero attached hydrogens (tertiary/aromatic N) is 1. The smallest absolute Gasteiger partial charge is 0.220 e. The van der Waals surface area contributed by atoms with Crippen molar-refractivity contribution in [1.29, 1.82) is 0 Å². The van der Waals surface area contributed by atoms with Gasteiger partial charge in [0.05, 0.1) is 6.54 Å². The maximum absolute atomic E-state index is 11.8. The summed E-state index contributed by atoms with van der Waals surface area (Å²) in [7, 11) is 1.68. The number of nitrogens with one attached hydrogen (secondary N) is 1. The Morgan fingerprint density at radius 3 is 2.70 bits per heavy atom. The summed E-state index contributed by atoms with van der Waals surface area (Å²) in [5.74, 6) is 2.84. The summed E-state index contributed by atoms with van der Waals surface area (Å²) in [6.07, 6.45) is 6.43. The summed E-state index contributed by atoms with van der Waals surface area (Å²) in [5, 5.41) is 3.08. The van der Waals surface area contributed by atoms with Crippen molar-refractivity contribution in [3.63, 3.8) is 0 Å². The second-order valence-corrected chi connectivity index (χ2v) is 6.90. The van der Waals surface area contributed by atoms with Gasteiger partial charge >= 0.3 is 0 Å². The molecule has 1 saturated carbocycles. The monoisotopic (exact) mass is 320 g/mol. The van der Waals surface area contributed by atoms with Crippen molar-refractivity contribution in [3.05, 3.63) is 23.7 Å². The molecular weight excluding hydrogens is 292 g/mol. The first-order chi connectivity index (χ1) is 11.2. The highest BCUT2D eigenvalue weighted by atomic mass is 16.5. The van der Waals surface area contributed by atoms with Crippen molar-refractivity contribution < 1.29 is 13.9 Å². The first-order valence-corrected chi connectivity index (χ1v) is 8.81. The Morgan fingerprint density at radius 1 is 1.26 bits per heavy atom. The van der Waals surface area contributed by atoms with Gasteiger partial charge < -0.3 is 14.5 Å². The quantitative estimate of drug-likeness (QED) is 0.800. The van der Waals surface area contributed by atoms with Crippen LogP contribution in [0.25, 0.3) is 0 Å². The highest BCUT2D eigenvalue weighted by Crippen LogP contribution is 2.24. The Labute approximate surface area is 138 Å². The lowest BCUT2D eigenvalue weighted by Gasteiger charge is -2.31. The highest BCUT2D eigenvalue weighted by molar-refractivity contribution is 5.76. The molecule has 2 aliphatic rings. The van der Waals surface area contributed by atoms with Gasteiger partial charge in [-0.1, -0.05) is 0 Å². The summed E-state index contributed by atoms with van der Waals surface area (Å²) >= 11 is 0. The Bertz CT molecular complexity index is 502. The zero-order chi connectivity index (χ0) is 16.1. The van der Waals surface area contributed by atoms with Gasteiger partial charge in [-0.15, -0.1) is 0 Å². The van der Waals surface area contributed by atoms with Crippen LogP contribution < -0.4 is 5.32 Å². The Balaban J connectivity index is 1.33. The standard InChI is InChI=1S/C18H28N2O3/c1-22-13-17-6-5-16(23-17)12-20-10-8-14(9-11-20)2-7-18(21)19-15-3-4-15/h5-6,14-15H,2-4,7-13H2,1H3,(H,19,21). The summed E-state index contributed by atoms with van der Waals surface area (Å²) in [5.41, 5.74) is 0. The lowest BCUT2D eigenvalue weighted by molar-refractivity contribution is -0.121. The number of furan rings is 1. The highest BCUT2D eigenvalue weighted by Gasteiger charge is 2.24. The summed E-state index contributed by atoms with van der Waals surface area (Å²) < 4.78 is 10.8. The van der Waals surface area contributed by atoms with Crippen molar-refractivity contribution in [3.8, 4) is 0 Å². The van der Waals surface area contributed by atoms with Gasteiger partial charge in [0.2, 0.25) is 5.91 Å². The predicted molar refractivity (Wildman–Crippen MR) is 87.8 cm³/mol. The van der Waals surface area contributed by atoms with Crippen LogP contribution in [0, 0.1) is 5.92 Å². The van der Waals surface area contributed by atoms with E-state index in [4.69, 9.17) is 9.15 Å². The molecule has 2 heterocycles. The van der Waals surface area contributed by atoms with Crippen LogP contribution in [0.15, 0.2) is 16.5 Å². The molecule has 23 heavy (non-hydrogen) atoms. The number of hydrogen-bond acceptors (Lipinski definition) is 4. The number of carbonyl (C=O) groups is 1. The fraction of sp³-hybridized carbons (Fsp3) is 0.722. The van der Waals surface area contributed by atoms with E-state index in [9.17, 15) is 4.79 Å².